The molecule has 0 heterocycles. The van der Waals surface area contributed by atoms with Crippen molar-refractivity contribution in [1.29, 1.82) is 0 Å². The first-order chi connectivity index (χ1) is 6.63. The summed E-state index contributed by atoms with van der Waals surface area (Å²) < 4.78 is 5.56. The summed E-state index contributed by atoms with van der Waals surface area (Å²) in [4.78, 5) is 0. The van der Waals surface area contributed by atoms with Crippen LogP contribution in [-0.2, 0) is 6.42 Å². The molecule has 1 aromatic rings. The summed E-state index contributed by atoms with van der Waals surface area (Å²) >= 11 is 0. The van der Waals surface area contributed by atoms with Gasteiger partial charge in [0.1, 0.15) is 11.5 Å². The zero-order chi connectivity index (χ0) is 10.6. The Labute approximate surface area is 84.5 Å². The van der Waals surface area contributed by atoms with E-state index < -0.39 is 0 Å². The molecule has 14 heavy (non-hydrogen) atoms. The number of hydrogen-bond donors (Lipinski definition) is 2. The number of phenolic OH excluding ortho intramolecular Hbond substituents is 1. The third kappa shape index (κ3) is 2.92. The van der Waals surface area contributed by atoms with Gasteiger partial charge in [-0.25, -0.2) is 0 Å². The van der Waals surface area contributed by atoms with Crippen LogP contribution in [0, 0.1) is 0 Å². The topological polar surface area (TPSA) is 55.5 Å². The molecule has 3 heteroatoms. The molecule has 1 rings (SSSR count). The Morgan fingerprint density at radius 3 is 2.71 bits per heavy atom. The Morgan fingerprint density at radius 1 is 1.43 bits per heavy atom. The lowest BCUT2D eigenvalue weighted by Crippen LogP contribution is -2.09. The minimum absolute atomic E-state index is 0.105. The molecular weight excluding hydrogens is 178 g/mol. The Balaban J connectivity index is 2.90. The van der Waals surface area contributed by atoms with Gasteiger partial charge in [0.2, 0.25) is 0 Å². The molecule has 0 bridgehead atoms. The summed E-state index contributed by atoms with van der Waals surface area (Å²) in [5.74, 6) is 0.951. The predicted octanol–water partition coefficient (Wildman–Crippen LogP) is 1.68. The zero-order valence-corrected chi connectivity index (χ0v) is 8.66. The minimum Gasteiger partial charge on any atom is -0.508 e. The molecule has 0 spiro atoms. The van der Waals surface area contributed by atoms with E-state index in [1.54, 1.807) is 12.1 Å². The second-order valence-electron chi connectivity index (χ2n) is 3.50. The highest BCUT2D eigenvalue weighted by Gasteiger charge is 2.05. The van der Waals surface area contributed by atoms with E-state index >= 15 is 0 Å². The average molecular weight is 195 g/mol. The number of rotatable bonds is 4. The van der Waals surface area contributed by atoms with Crippen molar-refractivity contribution in [3.8, 4) is 11.5 Å². The first kappa shape index (κ1) is 10.9. The second kappa shape index (κ2) is 4.86. The molecule has 0 aromatic heterocycles. The fourth-order valence-electron chi connectivity index (χ4n) is 1.27. The summed E-state index contributed by atoms with van der Waals surface area (Å²) in [5.41, 5.74) is 6.52. The van der Waals surface area contributed by atoms with Crippen molar-refractivity contribution in [2.45, 2.75) is 26.4 Å². The van der Waals surface area contributed by atoms with Crippen LogP contribution >= 0.6 is 0 Å². The van der Waals surface area contributed by atoms with Crippen LogP contribution in [-0.4, -0.2) is 17.8 Å². The van der Waals surface area contributed by atoms with Crippen LogP contribution in [0.4, 0.5) is 0 Å². The van der Waals surface area contributed by atoms with Gasteiger partial charge in [-0.15, -0.1) is 0 Å². The molecule has 0 saturated carbocycles. The van der Waals surface area contributed by atoms with Gasteiger partial charge in [-0.3, -0.25) is 0 Å². The van der Waals surface area contributed by atoms with Gasteiger partial charge in [-0.2, -0.15) is 0 Å². The molecule has 0 atom stereocenters. The number of hydrogen-bond acceptors (Lipinski definition) is 3. The van der Waals surface area contributed by atoms with E-state index in [1.807, 2.05) is 19.9 Å². The number of benzene rings is 1. The molecule has 0 unspecified atom stereocenters. The molecule has 3 nitrogen and oxygen atoms in total. The highest BCUT2D eigenvalue weighted by Crippen LogP contribution is 2.25. The maximum Gasteiger partial charge on any atom is 0.126 e. The predicted molar refractivity (Wildman–Crippen MR) is 56.6 cm³/mol. The molecule has 0 aliphatic heterocycles. The summed E-state index contributed by atoms with van der Waals surface area (Å²) in [6.07, 6.45) is 0.871. The minimum atomic E-state index is 0.105. The standard InChI is InChI=1S/C11H17NO2/c1-8(2)14-11-7-10(13)4-3-9(11)5-6-12/h3-4,7-8,13H,5-6,12H2,1-2H3. The van der Waals surface area contributed by atoms with Gasteiger partial charge in [-0.1, -0.05) is 6.07 Å². The summed E-state index contributed by atoms with van der Waals surface area (Å²) in [6.45, 7) is 4.49. The van der Waals surface area contributed by atoms with Crippen molar-refractivity contribution in [2.75, 3.05) is 6.54 Å². The van der Waals surface area contributed by atoms with Crippen molar-refractivity contribution < 1.29 is 9.84 Å². The van der Waals surface area contributed by atoms with Crippen LogP contribution in [0.5, 0.6) is 11.5 Å². The lowest BCUT2D eigenvalue weighted by Gasteiger charge is -2.14. The van der Waals surface area contributed by atoms with Crippen molar-refractivity contribution in [1.82, 2.24) is 0 Å². The molecule has 0 aliphatic carbocycles. The van der Waals surface area contributed by atoms with Gasteiger partial charge in [0.15, 0.2) is 0 Å². The van der Waals surface area contributed by atoms with E-state index in [0.29, 0.717) is 6.54 Å². The SMILES string of the molecule is CC(C)Oc1cc(O)ccc1CCN. The van der Waals surface area contributed by atoms with E-state index in [1.165, 1.54) is 0 Å². The van der Waals surface area contributed by atoms with Gasteiger partial charge >= 0.3 is 0 Å². The van der Waals surface area contributed by atoms with Gasteiger partial charge < -0.3 is 15.6 Å². The smallest absolute Gasteiger partial charge is 0.126 e. The lowest BCUT2D eigenvalue weighted by molar-refractivity contribution is 0.239. The Bertz CT molecular complexity index is 297. The molecular formula is C11H17NO2. The van der Waals surface area contributed by atoms with Crippen molar-refractivity contribution in [2.24, 2.45) is 5.73 Å². The first-order valence-electron chi connectivity index (χ1n) is 4.82. The summed E-state index contributed by atoms with van der Waals surface area (Å²) in [7, 11) is 0. The van der Waals surface area contributed by atoms with Crippen LogP contribution in [0.2, 0.25) is 0 Å². The first-order valence-corrected chi connectivity index (χ1v) is 4.82. The molecule has 0 amide bonds. The van der Waals surface area contributed by atoms with Crippen LogP contribution < -0.4 is 10.5 Å². The molecule has 3 N–H and O–H groups in total. The maximum absolute atomic E-state index is 9.31. The average Bonchev–Trinajstić information content (AvgIpc) is 2.09. The van der Waals surface area contributed by atoms with Crippen LogP contribution in [0.1, 0.15) is 19.4 Å². The quantitative estimate of drug-likeness (QED) is 0.768. The van der Waals surface area contributed by atoms with Crippen molar-refractivity contribution in [3.05, 3.63) is 23.8 Å². The maximum atomic E-state index is 9.31. The molecule has 0 fully saturated rings. The van der Waals surface area contributed by atoms with E-state index in [9.17, 15) is 5.11 Å². The van der Waals surface area contributed by atoms with Crippen LogP contribution in [0.15, 0.2) is 18.2 Å². The van der Waals surface area contributed by atoms with E-state index in [4.69, 9.17) is 10.5 Å². The van der Waals surface area contributed by atoms with Crippen molar-refractivity contribution >= 4 is 0 Å². The van der Waals surface area contributed by atoms with Gasteiger partial charge in [-0.05, 0) is 38.4 Å². The fraction of sp³-hybridized carbons (Fsp3) is 0.455. The second-order valence-corrected chi connectivity index (χ2v) is 3.50. The molecule has 78 valence electrons. The Hall–Kier alpha value is -1.22. The van der Waals surface area contributed by atoms with Crippen molar-refractivity contribution in [3.63, 3.8) is 0 Å². The van der Waals surface area contributed by atoms with Gasteiger partial charge in [0.25, 0.3) is 0 Å². The Morgan fingerprint density at radius 2 is 2.14 bits per heavy atom. The number of nitrogens with two attached hydrogens (primary N) is 1. The van der Waals surface area contributed by atoms with Gasteiger partial charge in [0, 0.05) is 6.07 Å². The Kier molecular flexibility index (Phi) is 3.77. The number of ether oxygens (including phenoxy) is 1. The molecule has 1 aromatic carbocycles. The number of phenols is 1. The van der Waals surface area contributed by atoms with E-state index in [2.05, 4.69) is 0 Å². The highest BCUT2D eigenvalue weighted by atomic mass is 16.5. The molecule has 0 radical (unpaired) electrons. The highest BCUT2D eigenvalue weighted by molar-refractivity contribution is 5.40. The summed E-state index contributed by atoms with van der Waals surface area (Å²) in [5, 5.41) is 9.31. The van der Waals surface area contributed by atoms with E-state index in [-0.39, 0.29) is 11.9 Å². The monoisotopic (exact) mass is 195 g/mol. The van der Waals surface area contributed by atoms with Crippen LogP contribution in [0.3, 0.4) is 0 Å². The normalized spacial score (nSPS) is 10.6. The van der Waals surface area contributed by atoms with Gasteiger partial charge in [0.05, 0.1) is 6.10 Å². The van der Waals surface area contributed by atoms with E-state index in [0.717, 1.165) is 17.7 Å². The third-order valence-corrected chi connectivity index (χ3v) is 1.83. The largest absolute Gasteiger partial charge is 0.508 e. The molecule has 0 saturated heterocycles. The number of aromatic hydroxyl groups is 1. The fourth-order valence-corrected chi connectivity index (χ4v) is 1.27. The summed E-state index contributed by atoms with van der Waals surface area (Å²) in [6, 6.07) is 5.13. The third-order valence-electron chi connectivity index (χ3n) is 1.83. The van der Waals surface area contributed by atoms with Crippen LogP contribution in [0.25, 0.3) is 0 Å². The molecule has 0 aliphatic rings. The lowest BCUT2D eigenvalue weighted by atomic mass is 10.1. The zero-order valence-electron chi connectivity index (χ0n) is 8.66.